The summed E-state index contributed by atoms with van der Waals surface area (Å²) in [4.78, 5) is 39.9. The van der Waals surface area contributed by atoms with Gasteiger partial charge in [-0.25, -0.2) is 0 Å². The first kappa shape index (κ1) is 36.7. The lowest BCUT2D eigenvalue weighted by Crippen LogP contribution is -2.47. The molecule has 1 atom stereocenters. The molecule has 0 aliphatic carbocycles. The number of rotatable bonds is 15. The monoisotopic (exact) mass is 699 g/mol. The largest absolute Gasteiger partial charge is 0.504 e. The summed E-state index contributed by atoms with van der Waals surface area (Å²) in [6, 6.07) is 37.2. The molecule has 0 aromatic heterocycles. The molecule has 266 valence electrons. The van der Waals surface area contributed by atoms with Crippen LogP contribution in [-0.2, 0) is 26.2 Å². The van der Waals surface area contributed by atoms with Gasteiger partial charge in [-0.15, -0.1) is 0 Å². The second-order valence-corrected chi connectivity index (χ2v) is 12.3. The maximum Gasteiger partial charge on any atom is 0.244 e. The Bertz CT molecular complexity index is 1900. The standard InChI is InChI=1S/C42H41N3O7/c46-35-20-16-29(26-37(35)48)18-22-40(51)45-34(41(52)43-25-24-30-17-21-36(47)38(49)27-30)19-23-39(50)44-28-42(31-10-4-1-5-11-31,32-12-6-2-7-13-32)33-14-8-3-9-15-33/h1-18,20-22,26-27,34,46-49H,19,23-25,28H2,(H,43,52)(H,44,50)(H,45,51)/b22-18+/t34-/m0/s1. The quantitative estimate of drug-likeness (QED) is 0.0442. The number of aromatic hydroxyl groups is 4. The van der Waals surface area contributed by atoms with Crippen molar-refractivity contribution >= 4 is 23.8 Å². The lowest BCUT2D eigenvalue weighted by atomic mass is 9.69. The maximum atomic E-state index is 13.6. The van der Waals surface area contributed by atoms with Gasteiger partial charge in [0.2, 0.25) is 17.7 Å². The number of carbonyl (C=O) groups is 3. The van der Waals surface area contributed by atoms with Crippen molar-refractivity contribution in [3.63, 3.8) is 0 Å². The average Bonchev–Trinajstić information content (AvgIpc) is 3.16. The van der Waals surface area contributed by atoms with Crippen molar-refractivity contribution in [2.75, 3.05) is 13.1 Å². The van der Waals surface area contributed by atoms with E-state index in [2.05, 4.69) is 16.0 Å². The van der Waals surface area contributed by atoms with E-state index in [1.54, 1.807) is 6.07 Å². The Kier molecular flexibility index (Phi) is 12.3. The molecule has 0 saturated carbocycles. The predicted octanol–water partition coefficient (Wildman–Crippen LogP) is 5.30. The van der Waals surface area contributed by atoms with Crippen LogP contribution in [0.2, 0.25) is 0 Å². The maximum absolute atomic E-state index is 13.6. The van der Waals surface area contributed by atoms with Crippen molar-refractivity contribution in [2.45, 2.75) is 30.7 Å². The van der Waals surface area contributed by atoms with E-state index in [0.29, 0.717) is 17.5 Å². The smallest absolute Gasteiger partial charge is 0.244 e. The Balaban J connectivity index is 1.31. The van der Waals surface area contributed by atoms with E-state index in [-0.39, 0.29) is 54.8 Å². The van der Waals surface area contributed by atoms with Gasteiger partial charge in [0.15, 0.2) is 23.0 Å². The highest BCUT2D eigenvalue weighted by Crippen LogP contribution is 2.38. The Morgan fingerprint density at radius 2 is 1.17 bits per heavy atom. The van der Waals surface area contributed by atoms with Gasteiger partial charge in [0.25, 0.3) is 0 Å². The number of benzene rings is 5. The summed E-state index contributed by atoms with van der Waals surface area (Å²) in [5.41, 5.74) is 3.38. The van der Waals surface area contributed by atoms with Crippen LogP contribution in [0.3, 0.4) is 0 Å². The SMILES string of the molecule is O=C(/C=C/c1ccc(O)c(O)c1)N[C@@H](CCC(=O)NCC(c1ccccc1)(c1ccccc1)c1ccccc1)C(=O)NCCc1ccc(O)c(O)c1. The third kappa shape index (κ3) is 9.36. The van der Waals surface area contributed by atoms with Gasteiger partial charge in [0.05, 0.1) is 5.41 Å². The normalized spacial score (nSPS) is 11.8. The summed E-state index contributed by atoms with van der Waals surface area (Å²) in [5, 5.41) is 47.4. The van der Waals surface area contributed by atoms with E-state index in [0.717, 1.165) is 16.7 Å². The molecule has 0 spiro atoms. The molecule has 5 rings (SSSR count). The fourth-order valence-electron chi connectivity index (χ4n) is 6.05. The highest BCUT2D eigenvalue weighted by atomic mass is 16.3. The molecule has 10 nitrogen and oxygen atoms in total. The number of amides is 3. The summed E-state index contributed by atoms with van der Waals surface area (Å²) >= 11 is 0. The second kappa shape index (κ2) is 17.4. The van der Waals surface area contributed by atoms with E-state index < -0.39 is 23.3 Å². The van der Waals surface area contributed by atoms with E-state index in [4.69, 9.17) is 0 Å². The molecular weight excluding hydrogens is 658 g/mol. The van der Waals surface area contributed by atoms with Gasteiger partial charge < -0.3 is 36.4 Å². The van der Waals surface area contributed by atoms with Crippen molar-refractivity contribution < 1.29 is 34.8 Å². The zero-order valence-corrected chi connectivity index (χ0v) is 28.4. The zero-order valence-electron chi connectivity index (χ0n) is 28.4. The Morgan fingerprint density at radius 1 is 0.635 bits per heavy atom. The van der Waals surface area contributed by atoms with E-state index >= 15 is 0 Å². The van der Waals surface area contributed by atoms with E-state index in [1.807, 2.05) is 91.0 Å². The first-order valence-electron chi connectivity index (χ1n) is 16.9. The highest BCUT2D eigenvalue weighted by molar-refractivity contribution is 5.95. The van der Waals surface area contributed by atoms with E-state index in [1.165, 1.54) is 42.5 Å². The molecule has 0 radical (unpaired) electrons. The van der Waals surface area contributed by atoms with Gasteiger partial charge in [0, 0.05) is 25.6 Å². The summed E-state index contributed by atoms with van der Waals surface area (Å²) in [5.74, 6) is -2.59. The van der Waals surface area contributed by atoms with Crippen LogP contribution in [-0.4, -0.2) is 57.3 Å². The Labute approximate surface area is 302 Å². The molecule has 0 fully saturated rings. The van der Waals surface area contributed by atoms with Crippen LogP contribution in [0, 0.1) is 0 Å². The van der Waals surface area contributed by atoms with Crippen LogP contribution in [0.1, 0.15) is 40.7 Å². The Hall–Kier alpha value is -6.55. The summed E-state index contributed by atoms with van der Waals surface area (Å²) < 4.78 is 0. The second-order valence-electron chi connectivity index (χ2n) is 12.3. The third-order valence-electron chi connectivity index (χ3n) is 8.82. The van der Waals surface area contributed by atoms with Crippen molar-refractivity contribution in [3.05, 3.63) is 161 Å². The van der Waals surface area contributed by atoms with Gasteiger partial charge >= 0.3 is 0 Å². The van der Waals surface area contributed by atoms with Gasteiger partial charge in [-0.1, -0.05) is 103 Å². The molecule has 7 N–H and O–H groups in total. The Morgan fingerprint density at radius 3 is 1.71 bits per heavy atom. The molecule has 3 amide bonds. The molecule has 52 heavy (non-hydrogen) atoms. The highest BCUT2D eigenvalue weighted by Gasteiger charge is 2.36. The number of nitrogens with one attached hydrogen (secondary N) is 3. The molecule has 5 aromatic carbocycles. The molecule has 0 aliphatic heterocycles. The molecule has 10 heteroatoms. The van der Waals surface area contributed by atoms with E-state index in [9.17, 15) is 34.8 Å². The first-order chi connectivity index (χ1) is 25.2. The third-order valence-corrected chi connectivity index (χ3v) is 8.82. The van der Waals surface area contributed by atoms with Crippen LogP contribution in [0.25, 0.3) is 6.08 Å². The predicted molar refractivity (Wildman–Crippen MR) is 199 cm³/mol. The van der Waals surface area contributed by atoms with Crippen molar-refractivity contribution in [1.29, 1.82) is 0 Å². The molecule has 0 bridgehead atoms. The van der Waals surface area contributed by atoms with Crippen LogP contribution < -0.4 is 16.0 Å². The first-order valence-corrected chi connectivity index (χ1v) is 16.9. The minimum Gasteiger partial charge on any atom is -0.504 e. The summed E-state index contributed by atoms with van der Waals surface area (Å²) in [7, 11) is 0. The average molecular weight is 700 g/mol. The number of hydrogen-bond donors (Lipinski definition) is 7. The van der Waals surface area contributed by atoms with Gasteiger partial charge in [-0.2, -0.15) is 0 Å². The fraction of sp³-hybridized carbons (Fsp3) is 0.167. The topological polar surface area (TPSA) is 168 Å². The number of phenols is 4. The minimum atomic E-state index is -1.08. The molecule has 0 aliphatic rings. The molecule has 5 aromatic rings. The lowest BCUT2D eigenvalue weighted by molar-refractivity contribution is -0.128. The number of hydrogen-bond acceptors (Lipinski definition) is 7. The summed E-state index contributed by atoms with van der Waals surface area (Å²) in [6.45, 7) is 0.396. The molecular formula is C42H41N3O7. The van der Waals surface area contributed by atoms with Crippen molar-refractivity contribution in [3.8, 4) is 23.0 Å². The zero-order chi connectivity index (χ0) is 36.9. The van der Waals surface area contributed by atoms with Crippen LogP contribution in [0.5, 0.6) is 23.0 Å². The van der Waals surface area contributed by atoms with Crippen LogP contribution in [0.4, 0.5) is 0 Å². The van der Waals surface area contributed by atoms with Crippen molar-refractivity contribution in [2.24, 2.45) is 0 Å². The van der Waals surface area contributed by atoms with Gasteiger partial charge in [0.1, 0.15) is 6.04 Å². The number of phenolic OH excluding ortho intramolecular Hbond substituents is 4. The molecule has 0 heterocycles. The molecule has 0 saturated heterocycles. The summed E-state index contributed by atoms with van der Waals surface area (Å²) in [6.07, 6.45) is 2.87. The molecule has 0 unspecified atom stereocenters. The van der Waals surface area contributed by atoms with Gasteiger partial charge in [-0.05, 0) is 71.0 Å². The number of carbonyl (C=O) groups excluding carboxylic acids is 3. The van der Waals surface area contributed by atoms with Crippen LogP contribution in [0.15, 0.2) is 133 Å². The fourth-order valence-corrected chi connectivity index (χ4v) is 6.05. The lowest BCUT2D eigenvalue weighted by Gasteiger charge is -2.36. The van der Waals surface area contributed by atoms with Crippen LogP contribution >= 0.6 is 0 Å². The minimum absolute atomic E-state index is 0.00769. The van der Waals surface area contributed by atoms with Gasteiger partial charge in [-0.3, -0.25) is 14.4 Å². The van der Waals surface area contributed by atoms with Crippen molar-refractivity contribution in [1.82, 2.24) is 16.0 Å².